The van der Waals surface area contributed by atoms with Gasteiger partial charge in [-0.1, -0.05) is 23.4 Å². The van der Waals surface area contributed by atoms with Gasteiger partial charge in [0.15, 0.2) is 5.75 Å². The summed E-state index contributed by atoms with van der Waals surface area (Å²) in [6.45, 7) is 0. The number of benzene rings is 1. The normalized spacial score (nSPS) is 16.4. The average Bonchev–Trinajstić information content (AvgIpc) is 2.29. The van der Waals surface area contributed by atoms with Crippen LogP contribution in [0, 0.1) is 6.42 Å². The van der Waals surface area contributed by atoms with E-state index in [-0.39, 0.29) is 0 Å². The number of hydrogen-bond acceptors (Lipinski definition) is 2. The Kier molecular flexibility index (Phi) is 3.17. The molecule has 1 aromatic carbocycles. The van der Waals surface area contributed by atoms with Gasteiger partial charge >= 0.3 is 0 Å². The second kappa shape index (κ2) is 4.80. The first-order chi connectivity index (χ1) is 6.95. The summed E-state index contributed by atoms with van der Waals surface area (Å²) in [6.07, 6.45) is 6.68. The van der Waals surface area contributed by atoms with Crippen molar-refractivity contribution in [2.45, 2.75) is 25.7 Å². The highest BCUT2D eigenvalue weighted by Gasteiger charge is 2.07. The van der Waals surface area contributed by atoms with Gasteiger partial charge in [0.2, 0.25) is 0 Å². The van der Waals surface area contributed by atoms with Crippen molar-refractivity contribution in [3.63, 3.8) is 0 Å². The predicted octanol–water partition coefficient (Wildman–Crippen LogP) is 3.20. The van der Waals surface area contributed by atoms with Gasteiger partial charge < -0.3 is 4.84 Å². The van der Waals surface area contributed by atoms with Crippen molar-refractivity contribution in [3.05, 3.63) is 36.8 Å². The minimum Gasteiger partial charge on any atom is -0.357 e. The average molecular weight is 188 g/mol. The van der Waals surface area contributed by atoms with Crippen molar-refractivity contribution >= 4 is 5.71 Å². The van der Waals surface area contributed by atoms with Crippen LogP contribution in [0.3, 0.4) is 0 Å². The standard InChI is InChI=1S/C12H14NO/c1-3-7-11(8-4-1)13-14-12-9-5-2-6-10-12/h1-2,5-6,9-10H,3-4,7-8H2. The quantitative estimate of drug-likeness (QED) is 0.653. The van der Waals surface area contributed by atoms with Crippen molar-refractivity contribution in [2.75, 3.05) is 0 Å². The van der Waals surface area contributed by atoms with Crippen LogP contribution in [0.2, 0.25) is 0 Å². The molecular weight excluding hydrogens is 174 g/mol. The fourth-order valence-corrected chi connectivity index (χ4v) is 1.50. The lowest BCUT2D eigenvalue weighted by Crippen LogP contribution is -2.06. The highest BCUT2D eigenvalue weighted by molar-refractivity contribution is 5.84. The van der Waals surface area contributed by atoms with Crippen LogP contribution in [-0.4, -0.2) is 5.71 Å². The number of para-hydroxylation sites is 1. The smallest absolute Gasteiger partial charge is 0.157 e. The minimum atomic E-state index is 0.814. The Balaban J connectivity index is 1.92. The number of hydrogen-bond donors (Lipinski definition) is 0. The van der Waals surface area contributed by atoms with Crippen LogP contribution in [0.1, 0.15) is 25.7 Å². The van der Waals surface area contributed by atoms with Gasteiger partial charge in [-0.15, -0.1) is 0 Å². The van der Waals surface area contributed by atoms with Gasteiger partial charge in [0.05, 0.1) is 5.71 Å². The zero-order chi connectivity index (χ0) is 9.64. The van der Waals surface area contributed by atoms with Crippen molar-refractivity contribution in [1.29, 1.82) is 0 Å². The highest BCUT2D eigenvalue weighted by atomic mass is 16.6. The summed E-state index contributed by atoms with van der Waals surface area (Å²) in [5, 5.41) is 4.15. The molecule has 1 aliphatic carbocycles. The van der Waals surface area contributed by atoms with Crippen LogP contribution in [0.5, 0.6) is 5.75 Å². The monoisotopic (exact) mass is 188 g/mol. The third kappa shape index (κ3) is 2.59. The molecule has 14 heavy (non-hydrogen) atoms. The lowest BCUT2D eigenvalue weighted by Gasteiger charge is -2.10. The second-order valence-electron chi connectivity index (χ2n) is 3.43. The third-order valence-electron chi connectivity index (χ3n) is 2.30. The first-order valence-corrected chi connectivity index (χ1v) is 5.04. The molecule has 0 aliphatic heterocycles. The van der Waals surface area contributed by atoms with E-state index >= 15 is 0 Å². The van der Waals surface area contributed by atoms with Crippen LogP contribution < -0.4 is 4.84 Å². The van der Waals surface area contributed by atoms with Crippen LogP contribution >= 0.6 is 0 Å². The molecule has 2 rings (SSSR count). The van der Waals surface area contributed by atoms with E-state index in [9.17, 15) is 0 Å². The zero-order valence-corrected chi connectivity index (χ0v) is 8.15. The highest BCUT2D eigenvalue weighted by Crippen LogP contribution is 2.15. The van der Waals surface area contributed by atoms with Gasteiger partial charge in [-0.05, 0) is 44.2 Å². The lowest BCUT2D eigenvalue weighted by molar-refractivity contribution is 0.337. The lowest BCUT2D eigenvalue weighted by atomic mass is 9.99. The molecule has 0 unspecified atom stereocenters. The minimum absolute atomic E-state index is 0.814. The number of nitrogens with zero attached hydrogens (tertiary/aromatic N) is 1. The number of oxime groups is 1. The molecule has 0 heterocycles. The molecule has 0 amide bonds. The fraction of sp³-hybridized carbons (Fsp3) is 0.333. The summed E-state index contributed by atoms with van der Waals surface area (Å²) >= 11 is 0. The molecule has 73 valence electrons. The van der Waals surface area contributed by atoms with E-state index in [1.807, 2.05) is 30.3 Å². The van der Waals surface area contributed by atoms with Crippen molar-refractivity contribution < 1.29 is 4.84 Å². The molecule has 0 atom stereocenters. The second-order valence-corrected chi connectivity index (χ2v) is 3.43. The summed E-state index contributed by atoms with van der Waals surface area (Å²) in [5.74, 6) is 0.814. The van der Waals surface area contributed by atoms with Crippen LogP contribution in [0.25, 0.3) is 0 Å². The molecule has 1 saturated carbocycles. The van der Waals surface area contributed by atoms with Crippen molar-refractivity contribution in [3.8, 4) is 5.75 Å². The van der Waals surface area contributed by atoms with Gasteiger partial charge in [-0.3, -0.25) is 0 Å². The van der Waals surface area contributed by atoms with Gasteiger partial charge in [0.1, 0.15) is 0 Å². The molecule has 0 N–H and O–H groups in total. The molecule has 1 radical (unpaired) electrons. The summed E-state index contributed by atoms with van der Waals surface area (Å²) in [6, 6.07) is 9.70. The van der Waals surface area contributed by atoms with Crippen LogP contribution in [-0.2, 0) is 0 Å². The molecule has 0 spiro atoms. The Morgan fingerprint density at radius 3 is 2.43 bits per heavy atom. The molecule has 1 aromatic rings. The molecule has 1 fully saturated rings. The first-order valence-electron chi connectivity index (χ1n) is 5.04. The van der Waals surface area contributed by atoms with E-state index in [4.69, 9.17) is 4.84 Å². The van der Waals surface area contributed by atoms with E-state index in [2.05, 4.69) is 11.6 Å². The molecule has 0 bridgehead atoms. The van der Waals surface area contributed by atoms with E-state index in [1.165, 1.54) is 5.71 Å². The Morgan fingerprint density at radius 2 is 1.71 bits per heavy atom. The zero-order valence-electron chi connectivity index (χ0n) is 8.15. The van der Waals surface area contributed by atoms with E-state index < -0.39 is 0 Å². The van der Waals surface area contributed by atoms with Crippen LogP contribution in [0.4, 0.5) is 0 Å². The molecule has 0 saturated heterocycles. The third-order valence-corrected chi connectivity index (χ3v) is 2.30. The Morgan fingerprint density at radius 1 is 1.00 bits per heavy atom. The van der Waals surface area contributed by atoms with Crippen molar-refractivity contribution in [1.82, 2.24) is 0 Å². The molecule has 2 heteroatoms. The summed E-state index contributed by atoms with van der Waals surface area (Å²) in [7, 11) is 0. The van der Waals surface area contributed by atoms with E-state index in [0.717, 1.165) is 31.4 Å². The molecule has 2 nitrogen and oxygen atoms in total. The topological polar surface area (TPSA) is 21.6 Å². The van der Waals surface area contributed by atoms with Gasteiger partial charge in [-0.2, -0.15) is 0 Å². The maximum Gasteiger partial charge on any atom is 0.157 e. The Bertz CT molecular complexity index is 297. The first kappa shape index (κ1) is 9.25. The van der Waals surface area contributed by atoms with Gasteiger partial charge in [-0.25, -0.2) is 0 Å². The Hall–Kier alpha value is -1.31. The predicted molar refractivity (Wildman–Crippen MR) is 57.3 cm³/mol. The molecule has 1 aliphatic rings. The SMILES string of the molecule is [CH]1CCC(=NOc2ccccc2)CC1. The number of rotatable bonds is 2. The fourth-order valence-electron chi connectivity index (χ4n) is 1.50. The van der Waals surface area contributed by atoms with Crippen LogP contribution in [0.15, 0.2) is 35.5 Å². The summed E-state index contributed by atoms with van der Waals surface area (Å²) in [4.78, 5) is 5.32. The van der Waals surface area contributed by atoms with E-state index in [1.54, 1.807) is 0 Å². The Labute approximate surface area is 84.6 Å². The maximum atomic E-state index is 5.32. The van der Waals surface area contributed by atoms with Gasteiger partial charge in [0.25, 0.3) is 0 Å². The van der Waals surface area contributed by atoms with E-state index in [0.29, 0.717) is 0 Å². The van der Waals surface area contributed by atoms with Gasteiger partial charge in [0, 0.05) is 0 Å². The largest absolute Gasteiger partial charge is 0.357 e. The maximum absolute atomic E-state index is 5.32. The summed E-state index contributed by atoms with van der Waals surface area (Å²) in [5.41, 5.74) is 1.18. The van der Waals surface area contributed by atoms with Crippen molar-refractivity contribution in [2.24, 2.45) is 5.16 Å². The molecular formula is C12H14NO. The molecule has 0 aromatic heterocycles. The summed E-state index contributed by atoms with van der Waals surface area (Å²) < 4.78 is 0.